The Labute approximate surface area is 95.3 Å². The first kappa shape index (κ1) is 15.8. The molecule has 0 aromatic rings. The summed E-state index contributed by atoms with van der Waals surface area (Å²) < 4.78 is 8.30. The molecule has 0 heterocycles. The predicted molar refractivity (Wildman–Crippen MR) is 0.686 cm³/mol. The van der Waals surface area contributed by atoms with Crippen LogP contribution in [-0.4, -0.2) is 0 Å². The van der Waals surface area contributed by atoms with Gasteiger partial charge in [0.2, 0.25) is 0 Å². The molecule has 0 aliphatic heterocycles. The quantitative estimate of drug-likeness (QED) is 0.561. The van der Waals surface area contributed by atoms with E-state index in [1.807, 2.05) is 0 Å². The topological polar surface area (TPSA) is 17.1 Å². The number of hydrogen-bond acceptors (Lipinski definition) is 1. The minimum Gasteiger partial charge on any atom is 0 e. The van der Waals surface area contributed by atoms with Gasteiger partial charge in [-0.1, -0.05) is 0 Å². The molecule has 0 saturated heterocycles. The van der Waals surface area contributed by atoms with Gasteiger partial charge in [-0.05, 0) is 0 Å². The molecule has 1 nitrogen and oxygen atoms in total. The third-order valence-electron chi connectivity index (χ3n) is 0. The van der Waals surface area contributed by atoms with Gasteiger partial charge in [-0.15, -0.1) is 0 Å². The van der Waals surface area contributed by atoms with Crippen molar-refractivity contribution in [2.24, 2.45) is 0 Å². The molecule has 0 aliphatic rings. The third kappa shape index (κ3) is 8.89. The molecule has 18 valence electrons. The molecule has 0 atom stereocenters. The normalized spacial score (nSPS) is 0.750. The summed E-state index contributed by atoms with van der Waals surface area (Å²) in [5.41, 5.74) is 0. The summed E-state index contributed by atoms with van der Waals surface area (Å²) in [7, 11) is 0. The summed E-state index contributed by atoms with van der Waals surface area (Å²) in [6.07, 6.45) is 0. The van der Waals surface area contributed by atoms with Crippen molar-refractivity contribution in [3.8, 4) is 0 Å². The first-order valence-electron chi connectivity index (χ1n) is 0.183. The van der Waals surface area contributed by atoms with E-state index in [1.54, 1.807) is 0 Å². The van der Waals surface area contributed by atoms with Crippen LogP contribution in [0.5, 0.6) is 0 Å². The Kier molecular flexibility index (Phi) is 65.7. The fourth-order valence-corrected chi connectivity index (χ4v) is 0. The second-order valence-electron chi connectivity index (χ2n) is 0. The number of rotatable bonds is 0. The van der Waals surface area contributed by atoms with Gasteiger partial charge in [0.15, 0.2) is 0 Å². The van der Waals surface area contributed by atoms with E-state index in [0.29, 0.717) is 21.0 Å². The van der Waals surface area contributed by atoms with Crippen LogP contribution in [0, 0.1) is 40.8 Å². The first-order valence-corrected chi connectivity index (χ1v) is 1.08. The molecule has 4 heteroatoms. The third-order valence-corrected chi connectivity index (χ3v) is 0. The SMILES string of the molecule is [Nd].[O]=[Nb].[Y]. The minimum absolute atomic E-state index is 0. The van der Waals surface area contributed by atoms with Crippen molar-refractivity contribution >= 4 is 0 Å². The monoisotopic (exact) mass is 340 g/mol. The zero-order valence-corrected chi connectivity index (χ0v) is 10.2. The van der Waals surface area contributed by atoms with Crippen LogP contribution in [0.2, 0.25) is 0 Å². The predicted octanol–water partition coefficient (Wildman–Crippen LogP) is -0.124. The maximum absolute atomic E-state index is 8.30. The summed E-state index contributed by atoms with van der Waals surface area (Å²) >= 11 is 0.500. The van der Waals surface area contributed by atoms with Crippen molar-refractivity contribution in [2.45, 2.75) is 0 Å². The fraction of sp³-hybridized carbons (Fsp3) is 0. The van der Waals surface area contributed by atoms with Crippen molar-refractivity contribution < 1.29 is 97.8 Å². The Balaban J connectivity index is -0.00000000500. The van der Waals surface area contributed by atoms with Crippen LogP contribution in [0.1, 0.15) is 0 Å². The van der Waals surface area contributed by atoms with E-state index < -0.39 is 0 Å². The summed E-state index contributed by atoms with van der Waals surface area (Å²) in [5, 5.41) is 0. The smallest absolute Gasteiger partial charge is 0 e. The van der Waals surface area contributed by atoms with Crippen LogP contribution in [0.15, 0.2) is 0 Å². The molecule has 0 unspecified atom stereocenters. The van der Waals surface area contributed by atoms with Crippen LogP contribution in [-0.2, 0) is 57.0 Å². The van der Waals surface area contributed by atoms with E-state index >= 15 is 0 Å². The molecule has 1 radical (unpaired) electrons. The van der Waals surface area contributed by atoms with Gasteiger partial charge in [-0.3, -0.25) is 0 Å². The van der Waals surface area contributed by atoms with E-state index in [1.165, 1.54) is 0 Å². The Morgan fingerprint density at radius 3 is 1.25 bits per heavy atom. The molecule has 0 rings (SSSR count). The standard InChI is InChI=1S/Nb.Nd.O.Y. The summed E-state index contributed by atoms with van der Waals surface area (Å²) in [6.45, 7) is 0. The Morgan fingerprint density at radius 2 is 1.25 bits per heavy atom. The molecule has 0 fully saturated rings. The van der Waals surface area contributed by atoms with Crippen molar-refractivity contribution in [1.82, 2.24) is 0 Å². The first-order chi connectivity index (χ1) is 1.00. The molecule has 0 spiro atoms. The molecular formula is NbNdOY. The van der Waals surface area contributed by atoms with Gasteiger partial charge < -0.3 is 0 Å². The summed E-state index contributed by atoms with van der Waals surface area (Å²) in [4.78, 5) is 0. The number of hydrogen-bond donors (Lipinski definition) is 0. The van der Waals surface area contributed by atoms with Crippen LogP contribution in [0.3, 0.4) is 0 Å². The maximum atomic E-state index is 8.30. The Bertz CT molecular complexity index is 8.00. The zero-order chi connectivity index (χ0) is 2.00. The molecule has 0 amide bonds. The van der Waals surface area contributed by atoms with E-state index in [2.05, 4.69) is 0 Å². The average molecular weight is 342 g/mol. The maximum Gasteiger partial charge on any atom is 0 e. The Morgan fingerprint density at radius 1 is 1.25 bits per heavy atom. The van der Waals surface area contributed by atoms with Gasteiger partial charge in [0, 0.05) is 73.5 Å². The minimum atomic E-state index is 0. The van der Waals surface area contributed by atoms with Crippen LogP contribution >= 0.6 is 0 Å². The van der Waals surface area contributed by atoms with E-state index in [-0.39, 0.29) is 73.5 Å². The van der Waals surface area contributed by atoms with Gasteiger partial charge in [0.25, 0.3) is 0 Å². The largest absolute Gasteiger partial charge is 0 e. The van der Waals surface area contributed by atoms with Gasteiger partial charge >= 0.3 is 24.3 Å². The molecule has 0 aromatic carbocycles. The van der Waals surface area contributed by atoms with Crippen LogP contribution in [0.25, 0.3) is 0 Å². The van der Waals surface area contributed by atoms with E-state index in [9.17, 15) is 0 Å². The summed E-state index contributed by atoms with van der Waals surface area (Å²) in [5.74, 6) is 0. The van der Waals surface area contributed by atoms with Crippen molar-refractivity contribution in [1.29, 1.82) is 0 Å². The van der Waals surface area contributed by atoms with Crippen LogP contribution in [0.4, 0.5) is 0 Å². The molecule has 0 saturated carbocycles. The van der Waals surface area contributed by atoms with Gasteiger partial charge in [0.1, 0.15) is 0 Å². The molecule has 0 aromatic heterocycles. The zero-order valence-electron chi connectivity index (χ0n) is 1.93. The van der Waals surface area contributed by atoms with Crippen molar-refractivity contribution in [2.75, 3.05) is 0 Å². The summed E-state index contributed by atoms with van der Waals surface area (Å²) in [6, 6.07) is 0. The molecule has 0 bridgehead atoms. The molecule has 0 N–H and O–H groups in total. The van der Waals surface area contributed by atoms with E-state index in [0.717, 1.165) is 0 Å². The molecule has 0 aliphatic carbocycles. The molecular weight excluding hydrogens is 342 g/mol. The van der Waals surface area contributed by atoms with Crippen molar-refractivity contribution in [3.05, 3.63) is 0 Å². The second kappa shape index (κ2) is 16.7. The average Bonchev–Trinajstić information content (AvgIpc) is 1.00. The van der Waals surface area contributed by atoms with Crippen molar-refractivity contribution in [3.63, 3.8) is 0 Å². The van der Waals surface area contributed by atoms with Gasteiger partial charge in [0.05, 0.1) is 0 Å². The Hall–Kier alpha value is 2.99. The van der Waals surface area contributed by atoms with E-state index in [4.69, 9.17) is 3.25 Å². The van der Waals surface area contributed by atoms with Gasteiger partial charge in [-0.25, -0.2) is 0 Å². The second-order valence-corrected chi connectivity index (χ2v) is 0. The fourth-order valence-electron chi connectivity index (χ4n) is 0. The molecule has 4 heavy (non-hydrogen) atoms. The van der Waals surface area contributed by atoms with Gasteiger partial charge in [-0.2, -0.15) is 0 Å². The van der Waals surface area contributed by atoms with Crippen LogP contribution < -0.4 is 0 Å².